The number of hydrogen-bond donors (Lipinski definition) is 1. The minimum Gasteiger partial charge on any atom is -0.489 e. The molecule has 0 heterocycles. The van der Waals surface area contributed by atoms with E-state index in [9.17, 15) is 0 Å². The third kappa shape index (κ3) is 3.10. The van der Waals surface area contributed by atoms with Crippen molar-refractivity contribution in [2.75, 3.05) is 0 Å². The molecule has 3 nitrogen and oxygen atoms in total. The minimum absolute atomic E-state index is 0.527. The SMILES string of the molecule is Cc1ccc(OCc2ccccc2)cc1/C=N\O. The summed E-state index contributed by atoms with van der Waals surface area (Å²) in [6.45, 7) is 2.48. The Labute approximate surface area is 106 Å². The van der Waals surface area contributed by atoms with Crippen LogP contribution in [-0.2, 0) is 6.61 Å². The molecule has 0 fully saturated rings. The van der Waals surface area contributed by atoms with Gasteiger partial charge in [-0.2, -0.15) is 0 Å². The van der Waals surface area contributed by atoms with Gasteiger partial charge in [0.15, 0.2) is 0 Å². The van der Waals surface area contributed by atoms with Gasteiger partial charge in [0.25, 0.3) is 0 Å². The van der Waals surface area contributed by atoms with E-state index >= 15 is 0 Å². The maximum Gasteiger partial charge on any atom is 0.120 e. The summed E-state index contributed by atoms with van der Waals surface area (Å²) in [5, 5.41) is 11.6. The smallest absolute Gasteiger partial charge is 0.120 e. The highest BCUT2D eigenvalue weighted by Crippen LogP contribution is 2.17. The second kappa shape index (κ2) is 5.87. The molecule has 92 valence electrons. The quantitative estimate of drug-likeness (QED) is 0.506. The van der Waals surface area contributed by atoms with Gasteiger partial charge in [0.1, 0.15) is 12.4 Å². The van der Waals surface area contributed by atoms with Crippen molar-refractivity contribution in [2.24, 2.45) is 5.16 Å². The molecule has 0 bridgehead atoms. The lowest BCUT2D eigenvalue weighted by molar-refractivity contribution is 0.306. The number of ether oxygens (including phenoxy) is 1. The number of benzene rings is 2. The first kappa shape index (κ1) is 12.2. The van der Waals surface area contributed by atoms with Crippen LogP contribution in [0.2, 0.25) is 0 Å². The summed E-state index contributed by atoms with van der Waals surface area (Å²) in [5.41, 5.74) is 3.01. The number of aryl methyl sites for hydroxylation is 1. The lowest BCUT2D eigenvalue weighted by Gasteiger charge is -2.08. The van der Waals surface area contributed by atoms with Crippen molar-refractivity contribution >= 4 is 6.21 Å². The Morgan fingerprint density at radius 2 is 1.94 bits per heavy atom. The Hall–Kier alpha value is -2.29. The molecular weight excluding hydrogens is 226 g/mol. The molecule has 3 heteroatoms. The first-order valence-electron chi connectivity index (χ1n) is 5.74. The Bertz CT molecular complexity index is 535. The van der Waals surface area contributed by atoms with Crippen LogP contribution < -0.4 is 4.74 Å². The van der Waals surface area contributed by atoms with E-state index in [-0.39, 0.29) is 0 Å². The van der Waals surface area contributed by atoms with Crippen LogP contribution in [-0.4, -0.2) is 11.4 Å². The van der Waals surface area contributed by atoms with Crippen molar-refractivity contribution in [1.82, 2.24) is 0 Å². The molecule has 2 aromatic carbocycles. The van der Waals surface area contributed by atoms with Crippen LogP contribution in [0.3, 0.4) is 0 Å². The molecule has 0 aliphatic heterocycles. The number of rotatable bonds is 4. The van der Waals surface area contributed by atoms with Gasteiger partial charge in [0, 0.05) is 5.56 Å². The van der Waals surface area contributed by atoms with Gasteiger partial charge in [-0.3, -0.25) is 0 Å². The molecule has 1 N–H and O–H groups in total. The van der Waals surface area contributed by atoms with E-state index in [1.807, 2.05) is 55.5 Å². The van der Waals surface area contributed by atoms with E-state index in [0.717, 1.165) is 22.4 Å². The highest BCUT2D eigenvalue weighted by atomic mass is 16.5. The monoisotopic (exact) mass is 241 g/mol. The van der Waals surface area contributed by atoms with E-state index in [0.29, 0.717) is 6.61 Å². The fourth-order valence-corrected chi connectivity index (χ4v) is 1.65. The van der Waals surface area contributed by atoms with Gasteiger partial charge in [0.2, 0.25) is 0 Å². The maximum absolute atomic E-state index is 8.57. The molecule has 0 saturated carbocycles. The normalized spacial score (nSPS) is 10.7. The molecule has 0 amide bonds. The highest BCUT2D eigenvalue weighted by Gasteiger charge is 2.00. The van der Waals surface area contributed by atoms with E-state index in [2.05, 4.69) is 5.16 Å². The van der Waals surface area contributed by atoms with E-state index in [1.54, 1.807) is 0 Å². The molecule has 0 aromatic heterocycles. The van der Waals surface area contributed by atoms with Crippen molar-refractivity contribution < 1.29 is 9.94 Å². The van der Waals surface area contributed by atoms with E-state index < -0.39 is 0 Å². The van der Waals surface area contributed by atoms with Crippen LogP contribution in [0.15, 0.2) is 53.7 Å². The second-order valence-corrected chi connectivity index (χ2v) is 4.04. The second-order valence-electron chi connectivity index (χ2n) is 4.04. The molecule has 0 aliphatic rings. The zero-order valence-electron chi connectivity index (χ0n) is 10.2. The lowest BCUT2D eigenvalue weighted by Crippen LogP contribution is -1.96. The summed E-state index contributed by atoms with van der Waals surface area (Å²) < 4.78 is 5.69. The van der Waals surface area contributed by atoms with Crippen molar-refractivity contribution in [3.63, 3.8) is 0 Å². The van der Waals surface area contributed by atoms with E-state index in [1.165, 1.54) is 6.21 Å². The molecule has 0 saturated heterocycles. The molecule has 0 atom stereocenters. The van der Waals surface area contributed by atoms with Crippen LogP contribution in [0.25, 0.3) is 0 Å². The largest absolute Gasteiger partial charge is 0.489 e. The van der Waals surface area contributed by atoms with Crippen molar-refractivity contribution in [1.29, 1.82) is 0 Å². The first-order chi connectivity index (χ1) is 8.79. The van der Waals surface area contributed by atoms with Gasteiger partial charge in [-0.05, 0) is 30.2 Å². The summed E-state index contributed by atoms with van der Waals surface area (Å²) in [6.07, 6.45) is 1.41. The van der Waals surface area contributed by atoms with Gasteiger partial charge >= 0.3 is 0 Å². The lowest BCUT2D eigenvalue weighted by atomic mass is 10.1. The average Bonchev–Trinajstić information content (AvgIpc) is 2.41. The topological polar surface area (TPSA) is 41.8 Å². The van der Waals surface area contributed by atoms with Crippen LogP contribution in [0.4, 0.5) is 0 Å². The van der Waals surface area contributed by atoms with Crippen LogP contribution in [0.1, 0.15) is 16.7 Å². The molecule has 18 heavy (non-hydrogen) atoms. The molecule has 0 spiro atoms. The number of oxime groups is 1. The van der Waals surface area contributed by atoms with Crippen molar-refractivity contribution in [3.05, 3.63) is 65.2 Å². The van der Waals surface area contributed by atoms with Gasteiger partial charge in [-0.25, -0.2) is 0 Å². The highest BCUT2D eigenvalue weighted by molar-refractivity contribution is 5.81. The van der Waals surface area contributed by atoms with Crippen molar-refractivity contribution in [3.8, 4) is 5.75 Å². The summed E-state index contributed by atoms with van der Waals surface area (Å²) in [4.78, 5) is 0. The first-order valence-corrected chi connectivity index (χ1v) is 5.74. The third-order valence-electron chi connectivity index (χ3n) is 2.70. The Balaban J connectivity index is 2.08. The zero-order chi connectivity index (χ0) is 12.8. The molecular formula is C15H15NO2. The van der Waals surface area contributed by atoms with Crippen LogP contribution in [0, 0.1) is 6.92 Å². The molecule has 2 rings (SSSR count). The predicted molar refractivity (Wildman–Crippen MR) is 71.3 cm³/mol. The molecule has 2 aromatic rings. The van der Waals surface area contributed by atoms with Gasteiger partial charge < -0.3 is 9.94 Å². The van der Waals surface area contributed by atoms with Crippen molar-refractivity contribution in [2.45, 2.75) is 13.5 Å². The van der Waals surface area contributed by atoms with Crippen LogP contribution >= 0.6 is 0 Å². The summed E-state index contributed by atoms with van der Waals surface area (Å²) in [5.74, 6) is 0.763. The number of hydrogen-bond acceptors (Lipinski definition) is 3. The fraction of sp³-hybridized carbons (Fsp3) is 0.133. The molecule has 0 radical (unpaired) electrons. The Morgan fingerprint density at radius 3 is 2.67 bits per heavy atom. The van der Waals surface area contributed by atoms with E-state index in [4.69, 9.17) is 9.94 Å². The minimum atomic E-state index is 0.527. The molecule has 0 unspecified atom stereocenters. The van der Waals surface area contributed by atoms with Crippen LogP contribution in [0.5, 0.6) is 5.75 Å². The molecule has 0 aliphatic carbocycles. The Kier molecular flexibility index (Phi) is 3.97. The maximum atomic E-state index is 8.57. The summed E-state index contributed by atoms with van der Waals surface area (Å²) in [7, 11) is 0. The van der Waals surface area contributed by atoms with Gasteiger partial charge in [0.05, 0.1) is 6.21 Å². The average molecular weight is 241 g/mol. The summed E-state index contributed by atoms with van der Waals surface area (Å²) >= 11 is 0. The Morgan fingerprint density at radius 1 is 1.17 bits per heavy atom. The predicted octanol–water partition coefficient (Wildman–Crippen LogP) is 3.38. The number of nitrogens with zero attached hydrogens (tertiary/aromatic N) is 1. The zero-order valence-corrected chi connectivity index (χ0v) is 10.2. The fourth-order valence-electron chi connectivity index (χ4n) is 1.65. The van der Waals surface area contributed by atoms with Gasteiger partial charge in [-0.1, -0.05) is 41.6 Å². The van der Waals surface area contributed by atoms with Gasteiger partial charge in [-0.15, -0.1) is 0 Å². The summed E-state index contributed by atoms with van der Waals surface area (Å²) in [6, 6.07) is 15.7. The third-order valence-corrected chi connectivity index (χ3v) is 2.70. The standard InChI is InChI=1S/C15H15NO2/c1-12-7-8-15(9-14(12)10-16-17)18-11-13-5-3-2-4-6-13/h2-10,17H,11H2,1H3/b16-10-.